The smallest absolute Gasteiger partial charge is 0.222 e. The topological polar surface area (TPSA) is 38.8 Å². The number of aryl methyl sites for hydroxylation is 1. The molecule has 1 atom stereocenters. The number of nitrogens with zero attached hydrogens (tertiary/aromatic N) is 1. The molecule has 0 saturated carbocycles. The highest BCUT2D eigenvalue weighted by Gasteiger charge is 2.46. The number of hydrogen-bond donors (Lipinski definition) is 0. The van der Waals surface area contributed by atoms with Crippen molar-refractivity contribution in [3.8, 4) is 0 Å². The van der Waals surface area contributed by atoms with Crippen LogP contribution in [-0.2, 0) is 20.7 Å². The maximum absolute atomic E-state index is 12.6. The van der Waals surface area contributed by atoms with E-state index in [1.165, 1.54) is 0 Å². The van der Waals surface area contributed by atoms with Gasteiger partial charge >= 0.3 is 0 Å². The Morgan fingerprint density at radius 2 is 2.12 bits per heavy atom. The van der Waals surface area contributed by atoms with Gasteiger partial charge in [-0.3, -0.25) is 4.79 Å². The van der Waals surface area contributed by atoms with E-state index in [1.807, 2.05) is 36.1 Å². The maximum Gasteiger partial charge on any atom is 0.222 e. The number of likely N-dealkylation sites (tertiary alicyclic amines) is 1. The van der Waals surface area contributed by atoms with Crippen LogP contribution in [0.5, 0.6) is 0 Å². The van der Waals surface area contributed by atoms with Crippen LogP contribution in [0.25, 0.3) is 0 Å². The van der Waals surface area contributed by atoms with E-state index in [2.05, 4.69) is 0 Å². The number of ether oxygens (including phenoxy) is 2. The van der Waals surface area contributed by atoms with Gasteiger partial charge in [-0.25, -0.2) is 0 Å². The summed E-state index contributed by atoms with van der Waals surface area (Å²) in [6.07, 6.45) is 5.30. The Hall–Kier alpha value is -1.10. The lowest BCUT2D eigenvalue weighted by atomic mass is 9.78. The van der Waals surface area contributed by atoms with Gasteiger partial charge < -0.3 is 14.4 Å². The first kappa shape index (κ1) is 19.7. The van der Waals surface area contributed by atoms with E-state index in [4.69, 9.17) is 21.1 Å². The molecule has 1 aromatic carbocycles. The number of benzene rings is 1. The molecule has 2 fully saturated rings. The highest BCUT2D eigenvalue weighted by Crippen LogP contribution is 2.42. The fraction of sp³-hybridized carbons (Fsp3) is 0.667. The molecule has 1 spiro atoms. The molecule has 0 bridgehead atoms. The Morgan fingerprint density at radius 3 is 2.85 bits per heavy atom. The molecule has 0 aromatic heterocycles. The van der Waals surface area contributed by atoms with Gasteiger partial charge in [-0.1, -0.05) is 29.8 Å². The number of carbonyl (C=O) groups is 1. The van der Waals surface area contributed by atoms with Crippen LogP contribution in [0.1, 0.15) is 44.6 Å². The lowest BCUT2D eigenvalue weighted by Gasteiger charge is -2.42. The third kappa shape index (κ3) is 4.59. The van der Waals surface area contributed by atoms with E-state index < -0.39 is 0 Å². The molecule has 3 rings (SSSR count). The van der Waals surface area contributed by atoms with Gasteiger partial charge in [0.1, 0.15) is 0 Å². The number of carbonyl (C=O) groups excluding carboxylic acids is 1. The zero-order chi connectivity index (χ0) is 18.4. The molecule has 1 amide bonds. The van der Waals surface area contributed by atoms with Gasteiger partial charge in [0, 0.05) is 44.4 Å². The van der Waals surface area contributed by atoms with Gasteiger partial charge in [-0.2, -0.15) is 0 Å². The standard InChI is InChI=1S/C21H30ClNO3/c1-2-25-15-9-18-10-16-26-21(18)11-13-23(14-12-21)20(24)8-7-17-5-3-4-6-19(17)22/h3-6,18H,2,7-16H2,1H3/t18-/m1/s1. The lowest BCUT2D eigenvalue weighted by molar-refractivity contribution is -0.137. The van der Waals surface area contributed by atoms with Crippen LogP contribution in [-0.4, -0.2) is 49.3 Å². The first-order valence-electron chi connectivity index (χ1n) is 9.87. The minimum Gasteiger partial charge on any atom is -0.382 e. The Bertz CT molecular complexity index is 599. The Kier molecular flexibility index (Phi) is 6.96. The predicted octanol–water partition coefficient (Wildman–Crippen LogP) is 4.10. The summed E-state index contributed by atoms with van der Waals surface area (Å²) in [4.78, 5) is 14.6. The van der Waals surface area contributed by atoms with E-state index in [9.17, 15) is 4.79 Å². The van der Waals surface area contributed by atoms with Crippen molar-refractivity contribution in [2.24, 2.45) is 5.92 Å². The second-order valence-corrected chi connectivity index (χ2v) is 7.76. The van der Waals surface area contributed by atoms with Crippen molar-refractivity contribution in [3.63, 3.8) is 0 Å². The van der Waals surface area contributed by atoms with Gasteiger partial charge in [0.25, 0.3) is 0 Å². The highest BCUT2D eigenvalue weighted by molar-refractivity contribution is 6.31. The average molecular weight is 380 g/mol. The highest BCUT2D eigenvalue weighted by atomic mass is 35.5. The second-order valence-electron chi connectivity index (χ2n) is 7.36. The molecule has 0 aliphatic carbocycles. The van der Waals surface area contributed by atoms with Crippen molar-refractivity contribution >= 4 is 17.5 Å². The predicted molar refractivity (Wildman–Crippen MR) is 103 cm³/mol. The normalized spacial score (nSPS) is 22.1. The molecule has 1 aromatic rings. The number of amides is 1. The summed E-state index contributed by atoms with van der Waals surface area (Å²) in [5.74, 6) is 0.790. The second kappa shape index (κ2) is 9.20. The van der Waals surface area contributed by atoms with Crippen LogP contribution in [0.3, 0.4) is 0 Å². The maximum atomic E-state index is 12.6. The van der Waals surface area contributed by atoms with Crippen molar-refractivity contribution in [2.75, 3.05) is 32.9 Å². The fourth-order valence-corrected chi connectivity index (χ4v) is 4.58. The molecule has 2 aliphatic heterocycles. The zero-order valence-electron chi connectivity index (χ0n) is 15.7. The van der Waals surface area contributed by atoms with Gasteiger partial charge in [0.05, 0.1) is 5.60 Å². The molecule has 2 aliphatic rings. The Balaban J connectivity index is 1.48. The fourth-order valence-electron chi connectivity index (χ4n) is 4.35. The molecule has 0 radical (unpaired) electrons. The van der Waals surface area contributed by atoms with Crippen LogP contribution in [0, 0.1) is 5.92 Å². The lowest BCUT2D eigenvalue weighted by Crippen LogP contribution is -2.49. The largest absolute Gasteiger partial charge is 0.382 e. The molecule has 0 N–H and O–H groups in total. The zero-order valence-corrected chi connectivity index (χ0v) is 16.5. The van der Waals surface area contributed by atoms with E-state index in [0.717, 1.165) is 69.2 Å². The number of rotatable bonds is 7. The molecule has 4 nitrogen and oxygen atoms in total. The summed E-state index contributed by atoms with van der Waals surface area (Å²) in [5.41, 5.74) is 1.02. The quantitative estimate of drug-likeness (QED) is 0.669. The summed E-state index contributed by atoms with van der Waals surface area (Å²) in [7, 11) is 0. The van der Waals surface area contributed by atoms with E-state index >= 15 is 0 Å². The third-order valence-corrected chi connectivity index (χ3v) is 6.31. The van der Waals surface area contributed by atoms with Gasteiger partial charge in [-0.05, 0) is 56.6 Å². The third-order valence-electron chi connectivity index (χ3n) is 5.94. The molecule has 0 unspecified atom stereocenters. The molecule has 26 heavy (non-hydrogen) atoms. The summed E-state index contributed by atoms with van der Waals surface area (Å²) < 4.78 is 11.7. The summed E-state index contributed by atoms with van der Waals surface area (Å²) in [6, 6.07) is 7.76. The van der Waals surface area contributed by atoms with E-state index in [0.29, 0.717) is 18.8 Å². The monoisotopic (exact) mass is 379 g/mol. The first-order valence-corrected chi connectivity index (χ1v) is 10.3. The minimum atomic E-state index is -0.0311. The Morgan fingerprint density at radius 1 is 1.35 bits per heavy atom. The van der Waals surface area contributed by atoms with Crippen molar-refractivity contribution in [2.45, 2.75) is 51.0 Å². The van der Waals surface area contributed by atoms with Crippen LogP contribution in [0.2, 0.25) is 5.02 Å². The van der Waals surface area contributed by atoms with E-state index in [-0.39, 0.29) is 11.5 Å². The van der Waals surface area contributed by atoms with E-state index in [1.54, 1.807) is 0 Å². The van der Waals surface area contributed by atoms with Gasteiger partial charge in [0.2, 0.25) is 5.91 Å². The molecular formula is C21H30ClNO3. The Labute approximate surface area is 161 Å². The summed E-state index contributed by atoms with van der Waals surface area (Å²) in [6.45, 7) is 6.06. The van der Waals surface area contributed by atoms with Gasteiger partial charge in [-0.15, -0.1) is 0 Å². The SMILES string of the molecule is CCOCC[C@@H]1CCOC12CCN(C(=O)CCc1ccccc1Cl)CC2. The molecule has 2 saturated heterocycles. The molecule has 2 heterocycles. The van der Waals surface area contributed by atoms with Crippen LogP contribution in [0.15, 0.2) is 24.3 Å². The van der Waals surface area contributed by atoms with Crippen LogP contribution in [0.4, 0.5) is 0 Å². The van der Waals surface area contributed by atoms with Gasteiger partial charge in [0.15, 0.2) is 0 Å². The molecule has 5 heteroatoms. The summed E-state index contributed by atoms with van der Waals surface area (Å²) >= 11 is 6.19. The van der Waals surface area contributed by atoms with Crippen LogP contribution >= 0.6 is 11.6 Å². The van der Waals surface area contributed by atoms with Crippen molar-refractivity contribution < 1.29 is 14.3 Å². The minimum absolute atomic E-state index is 0.0311. The molecule has 144 valence electrons. The van der Waals surface area contributed by atoms with Crippen molar-refractivity contribution in [1.82, 2.24) is 4.90 Å². The number of piperidine rings is 1. The van der Waals surface area contributed by atoms with Crippen molar-refractivity contribution in [3.05, 3.63) is 34.9 Å². The number of halogens is 1. The van der Waals surface area contributed by atoms with Crippen LogP contribution < -0.4 is 0 Å². The van der Waals surface area contributed by atoms with Crippen molar-refractivity contribution in [1.29, 1.82) is 0 Å². The summed E-state index contributed by atoms with van der Waals surface area (Å²) in [5, 5.41) is 0.745. The molecular weight excluding hydrogens is 350 g/mol. The first-order chi connectivity index (χ1) is 12.6. The number of hydrogen-bond acceptors (Lipinski definition) is 3. The average Bonchev–Trinajstić information content (AvgIpc) is 3.04.